The molecule has 1 aromatic carbocycles. The number of rotatable bonds is 4. The molecule has 7 nitrogen and oxygen atoms in total. The van der Waals surface area contributed by atoms with Crippen LogP contribution in [0.5, 0.6) is 0 Å². The van der Waals surface area contributed by atoms with E-state index in [0.717, 1.165) is 15.8 Å². The number of carboxylic acid groups (broad SMARTS) is 1. The van der Waals surface area contributed by atoms with Crippen LogP contribution >= 0.6 is 0 Å². The Kier molecular flexibility index (Phi) is 3.48. The molecule has 0 amide bonds. The lowest BCUT2D eigenvalue weighted by Crippen LogP contribution is -2.26. The molecule has 0 bridgehead atoms. The normalized spacial score (nSPS) is 10.6. The average Bonchev–Trinajstić information content (AvgIpc) is 2.67. The number of hydrogen-bond donors (Lipinski definition) is 2. The topological polar surface area (TPSA) is 103 Å². The highest BCUT2D eigenvalue weighted by molar-refractivity contribution is 5.66. The minimum Gasteiger partial charge on any atom is -0.480 e. The molecule has 2 rings (SSSR count). The Morgan fingerprint density at radius 3 is 2.53 bits per heavy atom. The summed E-state index contributed by atoms with van der Waals surface area (Å²) in [5, 5.41) is 12.7. The fourth-order valence-electron chi connectivity index (χ4n) is 1.76. The summed E-state index contributed by atoms with van der Waals surface area (Å²) in [5.74, 6) is -0.681. The highest BCUT2D eigenvalue weighted by Crippen LogP contribution is 2.15. The average molecular weight is 262 g/mol. The van der Waals surface area contributed by atoms with Crippen LogP contribution in [-0.2, 0) is 24.9 Å². The first kappa shape index (κ1) is 13.0. The highest BCUT2D eigenvalue weighted by Gasteiger charge is 2.13. The van der Waals surface area contributed by atoms with Gasteiger partial charge in [-0.25, -0.2) is 9.48 Å². The molecular formula is C12H14N4O3. The van der Waals surface area contributed by atoms with Gasteiger partial charge in [-0.15, -0.1) is 5.10 Å². The second-order valence-corrected chi connectivity index (χ2v) is 4.12. The second kappa shape index (κ2) is 5.07. The molecule has 0 aliphatic carbocycles. The molecule has 19 heavy (non-hydrogen) atoms. The monoisotopic (exact) mass is 262 g/mol. The zero-order chi connectivity index (χ0) is 14.0. The Bertz CT molecular complexity index is 655. The van der Waals surface area contributed by atoms with Crippen LogP contribution in [0.1, 0.15) is 5.56 Å². The third-order valence-electron chi connectivity index (χ3n) is 2.77. The first-order valence-electron chi connectivity index (χ1n) is 5.68. The minimum absolute atomic E-state index is 0.426. The van der Waals surface area contributed by atoms with E-state index in [1.54, 1.807) is 19.2 Å². The molecular weight excluding hydrogens is 248 g/mol. The number of carboxylic acids is 1. The van der Waals surface area contributed by atoms with Gasteiger partial charge in [0.25, 0.3) is 0 Å². The molecule has 0 atom stereocenters. The Morgan fingerprint density at radius 1 is 1.37 bits per heavy atom. The van der Waals surface area contributed by atoms with Gasteiger partial charge in [0, 0.05) is 19.2 Å². The van der Waals surface area contributed by atoms with Crippen molar-refractivity contribution in [1.82, 2.24) is 14.3 Å². The number of carbonyl (C=O) groups is 1. The van der Waals surface area contributed by atoms with Gasteiger partial charge in [-0.3, -0.25) is 9.36 Å². The standard InChI is InChI=1S/C12H14N4O3/c1-15-11(9-4-2-8(6-13)3-5-9)14-16(12(15)19)7-10(17)18/h2-5H,6-7,13H2,1H3,(H,17,18). The largest absolute Gasteiger partial charge is 0.480 e. The van der Waals surface area contributed by atoms with E-state index in [-0.39, 0.29) is 0 Å². The van der Waals surface area contributed by atoms with E-state index in [9.17, 15) is 9.59 Å². The molecule has 1 aromatic heterocycles. The first-order chi connectivity index (χ1) is 9.02. The molecule has 1 heterocycles. The van der Waals surface area contributed by atoms with E-state index in [2.05, 4.69) is 5.10 Å². The van der Waals surface area contributed by atoms with Crippen molar-refractivity contribution in [2.75, 3.05) is 0 Å². The third kappa shape index (κ3) is 2.55. The lowest BCUT2D eigenvalue weighted by molar-refractivity contribution is -0.137. The molecule has 0 aliphatic rings. The molecule has 100 valence electrons. The van der Waals surface area contributed by atoms with Crippen LogP contribution in [-0.4, -0.2) is 25.4 Å². The summed E-state index contributed by atoms with van der Waals surface area (Å²) < 4.78 is 2.24. The van der Waals surface area contributed by atoms with Gasteiger partial charge in [0.1, 0.15) is 6.54 Å². The molecule has 3 N–H and O–H groups in total. The zero-order valence-electron chi connectivity index (χ0n) is 10.4. The van der Waals surface area contributed by atoms with Crippen LogP contribution < -0.4 is 11.4 Å². The predicted molar refractivity (Wildman–Crippen MR) is 68.4 cm³/mol. The van der Waals surface area contributed by atoms with Crippen LogP contribution in [0.2, 0.25) is 0 Å². The van der Waals surface area contributed by atoms with Gasteiger partial charge in [0.15, 0.2) is 5.82 Å². The fourth-order valence-corrected chi connectivity index (χ4v) is 1.76. The van der Waals surface area contributed by atoms with E-state index in [4.69, 9.17) is 10.8 Å². The summed E-state index contributed by atoms with van der Waals surface area (Å²) in [6.07, 6.45) is 0. The van der Waals surface area contributed by atoms with E-state index in [1.807, 2.05) is 12.1 Å². The Labute approximate surface area is 108 Å². The van der Waals surface area contributed by atoms with Gasteiger partial charge in [-0.05, 0) is 5.56 Å². The molecule has 0 fully saturated rings. The lowest BCUT2D eigenvalue weighted by Gasteiger charge is -2.01. The van der Waals surface area contributed by atoms with Gasteiger partial charge < -0.3 is 10.8 Å². The van der Waals surface area contributed by atoms with Crippen molar-refractivity contribution in [1.29, 1.82) is 0 Å². The van der Waals surface area contributed by atoms with Crippen LogP contribution in [0.3, 0.4) is 0 Å². The van der Waals surface area contributed by atoms with E-state index in [1.165, 1.54) is 4.57 Å². The maximum Gasteiger partial charge on any atom is 0.346 e. The van der Waals surface area contributed by atoms with E-state index >= 15 is 0 Å². The summed E-state index contributed by atoms with van der Waals surface area (Å²) in [6, 6.07) is 7.29. The van der Waals surface area contributed by atoms with E-state index < -0.39 is 18.2 Å². The summed E-state index contributed by atoms with van der Waals surface area (Å²) in [4.78, 5) is 22.4. The summed E-state index contributed by atoms with van der Waals surface area (Å²) >= 11 is 0. The van der Waals surface area contributed by atoms with Crippen molar-refractivity contribution in [2.45, 2.75) is 13.1 Å². The van der Waals surface area contributed by atoms with Gasteiger partial charge in [-0.1, -0.05) is 24.3 Å². The number of aromatic nitrogens is 3. The van der Waals surface area contributed by atoms with Crippen molar-refractivity contribution < 1.29 is 9.90 Å². The number of benzene rings is 1. The molecule has 0 unspecified atom stereocenters. The Balaban J connectivity index is 2.44. The molecule has 0 saturated heterocycles. The fraction of sp³-hybridized carbons (Fsp3) is 0.250. The SMILES string of the molecule is Cn1c(-c2ccc(CN)cc2)nn(CC(=O)O)c1=O. The molecule has 0 spiro atoms. The molecule has 0 saturated carbocycles. The summed E-state index contributed by atoms with van der Waals surface area (Å²) in [5.41, 5.74) is 6.76. The van der Waals surface area contributed by atoms with Gasteiger partial charge in [0.2, 0.25) is 0 Å². The molecule has 7 heteroatoms. The van der Waals surface area contributed by atoms with Gasteiger partial charge in [0.05, 0.1) is 0 Å². The molecule has 0 aliphatic heterocycles. The van der Waals surface area contributed by atoms with Crippen LogP contribution in [0.15, 0.2) is 29.1 Å². The highest BCUT2D eigenvalue weighted by atomic mass is 16.4. The molecule has 0 radical (unpaired) electrons. The third-order valence-corrected chi connectivity index (χ3v) is 2.77. The van der Waals surface area contributed by atoms with Crippen molar-refractivity contribution in [3.05, 3.63) is 40.3 Å². The minimum atomic E-state index is -1.11. The zero-order valence-corrected chi connectivity index (χ0v) is 10.4. The quantitative estimate of drug-likeness (QED) is 0.793. The van der Waals surface area contributed by atoms with E-state index in [0.29, 0.717) is 12.4 Å². The van der Waals surface area contributed by atoms with Crippen molar-refractivity contribution in [2.24, 2.45) is 12.8 Å². The Morgan fingerprint density at radius 2 is 2.00 bits per heavy atom. The van der Waals surface area contributed by atoms with Gasteiger partial charge in [-0.2, -0.15) is 0 Å². The smallest absolute Gasteiger partial charge is 0.346 e. The van der Waals surface area contributed by atoms with Crippen LogP contribution in [0.25, 0.3) is 11.4 Å². The lowest BCUT2D eigenvalue weighted by atomic mass is 10.1. The predicted octanol–water partition coefficient (Wildman–Crippen LogP) is -0.208. The first-order valence-corrected chi connectivity index (χ1v) is 5.68. The van der Waals surface area contributed by atoms with Crippen molar-refractivity contribution >= 4 is 5.97 Å². The Hall–Kier alpha value is -2.41. The van der Waals surface area contributed by atoms with Crippen LogP contribution in [0.4, 0.5) is 0 Å². The second-order valence-electron chi connectivity index (χ2n) is 4.12. The van der Waals surface area contributed by atoms with Crippen molar-refractivity contribution in [3.63, 3.8) is 0 Å². The maximum atomic E-state index is 11.8. The maximum absolute atomic E-state index is 11.8. The molecule has 2 aromatic rings. The number of nitrogens with zero attached hydrogens (tertiary/aromatic N) is 3. The number of aliphatic carboxylic acids is 1. The summed E-state index contributed by atoms with van der Waals surface area (Å²) in [7, 11) is 1.56. The van der Waals surface area contributed by atoms with Gasteiger partial charge >= 0.3 is 11.7 Å². The van der Waals surface area contributed by atoms with Crippen LogP contribution in [0, 0.1) is 0 Å². The summed E-state index contributed by atoms with van der Waals surface area (Å²) in [6.45, 7) is -0.0137. The number of hydrogen-bond acceptors (Lipinski definition) is 4. The van der Waals surface area contributed by atoms with Crippen molar-refractivity contribution in [3.8, 4) is 11.4 Å². The number of nitrogens with two attached hydrogens (primary N) is 1.